The van der Waals surface area contributed by atoms with Gasteiger partial charge in [0, 0.05) is 56.0 Å². The van der Waals surface area contributed by atoms with Gasteiger partial charge in [0.1, 0.15) is 6.23 Å². The average molecular weight is 515 g/mol. The molecule has 202 valence electrons. The zero-order valence-corrected chi connectivity index (χ0v) is 22.7. The van der Waals surface area contributed by atoms with Gasteiger partial charge in [0.05, 0.1) is 6.20 Å². The normalized spacial score (nSPS) is 21.8. The Morgan fingerprint density at radius 1 is 1.03 bits per heavy atom. The molecule has 38 heavy (non-hydrogen) atoms. The fourth-order valence-corrected chi connectivity index (χ4v) is 5.87. The van der Waals surface area contributed by atoms with E-state index in [1.807, 2.05) is 10.9 Å². The highest BCUT2D eigenvalue weighted by atomic mass is 16.5. The standard InChI is InChI=1S/C32H42N4O2/c1-2-3-5-12-31(37)33-21-27-18-19-35(24-30(27)26-10-6-4-7-11-26)29-16-14-25(15-17-29)28-22-34-36(23-28)32-13-8-9-20-38-32/h4,6-7,10-11,14-17,22-23,27,30,32H,2-3,5,8-9,12-13,18-21,24H2,1H3,(H,33,37). The summed E-state index contributed by atoms with van der Waals surface area (Å²) in [5.41, 5.74) is 4.91. The molecule has 3 heterocycles. The third-order valence-electron chi connectivity index (χ3n) is 8.17. The second kappa shape index (κ2) is 13.1. The number of piperidine rings is 1. The first kappa shape index (κ1) is 26.5. The van der Waals surface area contributed by atoms with E-state index >= 15 is 0 Å². The summed E-state index contributed by atoms with van der Waals surface area (Å²) < 4.78 is 7.86. The number of carbonyl (C=O) groups is 1. The molecule has 2 aliphatic rings. The Kier molecular flexibility index (Phi) is 9.13. The van der Waals surface area contributed by atoms with Crippen molar-refractivity contribution in [1.29, 1.82) is 0 Å². The molecule has 2 saturated heterocycles. The van der Waals surface area contributed by atoms with Gasteiger partial charge >= 0.3 is 0 Å². The van der Waals surface area contributed by atoms with E-state index in [-0.39, 0.29) is 12.1 Å². The zero-order chi connectivity index (χ0) is 26.2. The van der Waals surface area contributed by atoms with E-state index in [1.54, 1.807) is 0 Å². The van der Waals surface area contributed by atoms with E-state index in [1.165, 1.54) is 23.2 Å². The molecule has 0 aliphatic carbocycles. The molecule has 0 spiro atoms. The third kappa shape index (κ3) is 6.65. The lowest BCUT2D eigenvalue weighted by Crippen LogP contribution is -2.43. The predicted octanol–water partition coefficient (Wildman–Crippen LogP) is 6.56. The van der Waals surface area contributed by atoms with Crippen molar-refractivity contribution < 1.29 is 9.53 Å². The molecule has 3 aromatic rings. The maximum Gasteiger partial charge on any atom is 0.220 e. The van der Waals surface area contributed by atoms with Gasteiger partial charge in [-0.25, -0.2) is 4.68 Å². The van der Waals surface area contributed by atoms with Crippen LogP contribution >= 0.6 is 0 Å². The topological polar surface area (TPSA) is 59.4 Å². The summed E-state index contributed by atoms with van der Waals surface area (Å²) in [6.45, 7) is 5.70. The minimum atomic E-state index is 0.0640. The van der Waals surface area contributed by atoms with Gasteiger partial charge < -0.3 is 15.0 Å². The van der Waals surface area contributed by atoms with Crippen molar-refractivity contribution in [1.82, 2.24) is 15.1 Å². The first-order valence-corrected chi connectivity index (χ1v) is 14.5. The molecular formula is C32H42N4O2. The Morgan fingerprint density at radius 3 is 2.63 bits per heavy atom. The van der Waals surface area contributed by atoms with Gasteiger partial charge in [0.25, 0.3) is 0 Å². The maximum absolute atomic E-state index is 12.4. The third-order valence-corrected chi connectivity index (χ3v) is 8.17. The highest BCUT2D eigenvalue weighted by Crippen LogP contribution is 2.35. The number of rotatable bonds is 10. The molecule has 6 heteroatoms. The largest absolute Gasteiger partial charge is 0.371 e. The number of aromatic nitrogens is 2. The molecule has 0 radical (unpaired) electrons. The van der Waals surface area contributed by atoms with Crippen LogP contribution in [0.25, 0.3) is 11.1 Å². The van der Waals surface area contributed by atoms with Crippen molar-refractivity contribution in [3.8, 4) is 11.1 Å². The summed E-state index contributed by atoms with van der Waals surface area (Å²) in [4.78, 5) is 14.9. The number of unbranched alkanes of at least 4 members (excludes halogenated alkanes) is 2. The molecule has 1 N–H and O–H groups in total. The van der Waals surface area contributed by atoms with Crippen molar-refractivity contribution in [3.05, 3.63) is 72.6 Å². The Balaban J connectivity index is 1.24. The molecule has 3 unspecified atom stereocenters. The SMILES string of the molecule is CCCCCC(=O)NCC1CCN(c2ccc(-c3cnn(C4CCCCO4)c3)cc2)CC1c1ccccc1. The first-order chi connectivity index (χ1) is 18.7. The molecule has 2 aromatic carbocycles. The molecule has 6 nitrogen and oxygen atoms in total. The lowest BCUT2D eigenvalue weighted by atomic mass is 9.80. The average Bonchev–Trinajstić information content (AvgIpc) is 3.48. The van der Waals surface area contributed by atoms with E-state index in [0.29, 0.717) is 18.3 Å². The molecule has 0 bridgehead atoms. The fourth-order valence-electron chi connectivity index (χ4n) is 5.87. The van der Waals surface area contributed by atoms with Crippen molar-refractivity contribution >= 4 is 11.6 Å². The van der Waals surface area contributed by atoms with Crippen LogP contribution in [-0.2, 0) is 9.53 Å². The smallest absolute Gasteiger partial charge is 0.220 e. The Morgan fingerprint density at radius 2 is 1.87 bits per heavy atom. The van der Waals surface area contributed by atoms with Crippen molar-refractivity contribution in [3.63, 3.8) is 0 Å². The number of hydrogen-bond donors (Lipinski definition) is 1. The molecule has 0 saturated carbocycles. The van der Waals surface area contributed by atoms with Crippen LogP contribution in [0.5, 0.6) is 0 Å². The van der Waals surface area contributed by atoms with Crippen LogP contribution in [-0.4, -0.2) is 41.9 Å². The minimum absolute atomic E-state index is 0.0640. The quantitative estimate of drug-likeness (QED) is 0.312. The maximum atomic E-state index is 12.4. The van der Waals surface area contributed by atoms with Gasteiger partial charge in [0.15, 0.2) is 0 Å². The van der Waals surface area contributed by atoms with Gasteiger partial charge in [-0.3, -0.25) is 4.79 Å². The van der Waals surface area contributed by atoms with Crippen molar-refractivity contribution in [2.24, 2.45) is 5.92 Å². The Bertz CT molecular complexity index is 1140. The number of nitrogens with zero attached hydrogens (tertiary/aromatic N) is 3. The summed E-state index contributed by atoms with van der Waals surface area (Å²) >= 11 is 0. The molecular weight excluding hydrogens is 472 g/mol. The monoisotopic (exact) mass is 514 g/mol. The zero-order valence-electron chi connectivity index (χ0n) is 22.7. The number of carbonyl (C=O) groups excluding carboxylic acids is 1. The highest BCUT2D eigenvalue weighted by molar-refractivity contribution is 5.75. The predicted molar refractivity (Wildman–Crippen MR) is 153 cm³/mol. The molecule has 1 amide bonds. The van der Waals surface area contributed by atoms with Gasteiger partial charge in [0.2, 0.25) is 5.91 Å². The molecule has 2 aliphatic heterocycles. The van der Waals surface area contributed by atoms with Crippen LogP contribution in [0.2, 0.25) is 0 Å². The van der Waals surface area contributed by atoms with E-state index in [2.05, 4.69) is 83.0 Å². The molecule has 5 rings (SSSR count). The minimum Gasteiger partial charge on any atom is -0.371 e. The summed E-state index contributed by atoms with van der Waals surface area (Å²) in [6.07, 6.45) is 12.4. The summed E-state index contributed by atoms with van der Waals surface area (Å²) in [7, 11) is 0. The summed E-state index contributed by atoms with van der Waals surface area (Å²) in [6, 6.07) is 19.7. The number of benzene rings is 2. The number of hydrogen-bond acceptors (Lipinski definition) is 4. The van der Waals surface area contributed by atoms with Gasteiger partial charge in [-0.05, 0) is 61.3 Å². The number of anilines is 1. The number of ether oxygens (including phenoxy) is 1. The van der Waals surface area contributed by atoms with Crippen LogP contribution in [0.3, 0.4) is 0 Å². The van der Waals surface area contributed by atoms with Gasteiger partial charge in [-0.15, -0.1) is 0 Å². The van der Waals surface area contributed by atoms with E-state index in [9.17, 15) is 4.79 Å². The molecule has 1 aromatic heterocycles. The number of amides is 1. The van der Waals surface area contributed by atoms with Crippen LogP contribution in [0.15, 0.2) is 67.0 Å². The lowest BCUT2D eigenvalue weighted by molar-refractivity contribution is -0.121. The number of nitrogens with one attached hydrogen (secondary N) is 1. The van der Waals surface area contributed by atoms with Gasteiger partial charge in [-0.1, -0.05) is 62.2 Å². The molecule has 3 atom stereocenters. The van der Waals surface area contributed by atoms with E-state index in [4.69, 9.17) is 4.74 Å². The van der Waals surface area contributed by atoms with E-state index in [0.717, 1.165) is 70.3 Å². The van der Waals surface area contributed by atoms with Gasteiger partial charge in [-0.2, -0.15) is 5.10 Å². The van der Waals surface area contributed by atoms with Crippen LogP contribution in [0.1, 0.15) is 76.0 Å². The first-order valence-electron chi connectivity index (χ1n) is 14.5. The fraction of sp³-hybridized carbons (Fsp3) is 0.500. The Hall–Kier alpha value is -3.12. The second-order valence-electron chi connectivity index (χ2n) is 10.9. The Labute approximate surface area is 227 Å². The van der Waals surface area contributed by atoms with Crippen LogP contribution < -0.4 is 10.2 Å². The van der Waals surface area contributed by atoms with Crippen molar-refractivity contribution in [2.45, 2.75) is 70.4 Å². The second-order valence-corrected chi connectivity index (χ2v) is 10.9. The van der Waals surface area contributed by atoms with Crippen LogP contribution in [0.4, 0.5) is 5.69 Å². The van der Waals surface area contributed by atoms with Crippen LogP contribution in [0, 0.1) is 5.92 Å². The summed E-state index contributed by atoms with van der Waals surface area (Å²) in [5, 5.41) is 7.82. The lowest BCUT2D eigenvalue weighted by Gasteiger charge is -2.40. The van der Waals surface area contributed by atoms with Crippen molar-refractivity contribution in [2.75, 3.05) is 31.1 Å². The molecule has 2 fully saturated rings. The summed E-state index contributed by atoms with van der Waals surface area (Å²) in [5.74, 6) is 1.02. The highest BCUT2D eigenvalue weighted by Gasteiger charge is 2.31. The van der Waals surface area contributed by atoms with E-state index < -0.39 is 0 Å².